The Morgan fingerprint density at radius 2 is 2.24 bits per heavy atom. The van der Waals surface area contributed by atoms with Crippen molar-refractivity contribution in [3.05, 3.63) is 12.4 Å². The summed E-state index contributed by atoms with van der Waals surface area (Å²) in [7, 11) is 0. The third kappa shape index (κ3) is 3.64. The van der Waals surface area contributed by atoms with Crippen LogP contribution in [-0.4, -0.2) is 40.8 Å². The molecule has 3 atom stereocenters. The van der Waals surface area contributed by atoms with E-state index in [0.717, 1.165) is 43.5 Å². The maximum absolute atomic E-state index is 9.35. The van der Waals surface area contributed by atoms with Gasteiger partial charge < -0.3 is 15.3 Å². The zero-order chi connectivity index (χ0) is 14.7. The monoisotopic (exact) mass is 290 g/mol. The van der Waals surface area contributed by atoms with E-state index in [9.17, 15) is 5.11 Å². The SMILES string of the molecule is CC1CCC(Nc2cc(N3CCCC(CO)C3)ncn2)C1. The third-order valence-electron chi connectivity index (χ3n) is 4.80. The van der Waals surface area contributed by atoms with E-state index in [1.54, 1.807) is 6.33 Å². The number of aromatic nitrogens is 2. The van der Waals surface area contributed by atoms with E-state index in [0.29, 0.717) is 12.0 Å². The molecule has 2 aliphatic rings. The highest BCUT2D eigenvalue weighted by Crippen LogP contribution is 2.28. The van der Waals surface area contributed by atoms with E-state index in [1.165, 1.54) is 19.3 Å². The first-order valence-electron chi connectivity index (χ1n) is 8.19. The van der Waals surface area contributed by atoms with Crippen LogP contribution in [0.15, 0.2) is 12.4 Å². The molecule has 1 saturated carbocycles. The normalized spacial score (nSPS) is 29.6. The van der Waals surface area contributed by atoms with E-state index < -0.39 is 0 Å². The van der Waals surface area contributed by atoms with E-state index >= 15 is 0 Å². The fraction of sp³-hybridized carbons (Fsp3) is 0.750. The molecule has 1 aromatic heterocycles. The largest absolute Gasteiger partial charge is 0.396 e. The van der Waals surface area contributed by atoms with Crippen LogP contribution in [0.3, 0.4) is 0 Å². The number of hydrogen-bond donors (Lipinski definition) is 2. The van der Waals surface area contributed by atoms with Gasteiger partial charge in [-0.05, 0) is 43.9 Å². The van der Waals surface area contributed by atoms with E-state index in [4.69, 9.17) is 0 Å². The molecule has 3 unspecified atom stereocenters. The summed E-state index contributed by atoms with van der Waals surface area (Å²) in [6.45, 7) is 4.50. The van der Waals surface area contributed by atoms with Crippen LogP contribution in [0.1, 0.15) is 39.0 Å². The van der Waals surface area contributed by atoms with Crippen LogP contribution >= 0.6 is 0 Å². The minimum atomic E-state index is 0.270. The molecule has 1 saturated heterocycles. The quantitative estimate of drug-likeness (QED) is 0.891. The molecule has 0 aromatic carbocycles. The molecule has 5 nitrogen and oxygen atoms in total. The van der Waals surface area contributed by atoms with Gasteiger partial charge in [-0.3, -0.25) is 0 Å². The van der Waals surface area contributed by atoms with Crippen molar-refractivity contribution in [2.24, 2.45) is 11.8 Å². The van der Waals surface area contributed by atoms with Crippen LogP contribution in [0.4, 0.5) is 11.6 Å². The van der Waals surface area contributed by atoms with Gasteiger partial charge in [0.2, 0.25) is 0 Å². The number of hydrogen-bond acceptors (Lipinski definition) is 5. The molecule has 2 N–H and O–H groups in total. The number of piperidine rings is 1. The van der Waals surface area contributed by atoms with Gasteiger partial charge in [0.15, 0.2) is 0 Å². The summed E-state index contributed by atoms with van der Waals surface area (Å²) in [5, 5.41) is 12.9. The van der Waals surface area contributed by atoms with Gasteiger partial charge >= 0.3 is 0 Å². The number of nitrogens with one attached hydrogen (secondary N) is 1. The van der Waals surface area contributed by atoms with Gasteiger partial charge in [-0.2, -0.15) is 0 Å². The first-order valence-corrected chi connectivity index (χ1v) is 8.19. The van der Waals surface area contributed by atoms with Crippen molar-refractivity contribution < 1.29 is 5.11 Å². The molecule has 3 rings (SSSR count). The van der Waals surface area contributed by atoms with Crippen molar-refractivity contribution in [2.75, 3.05) is 29.9 Å². The summed E-state index contributed by atoms with van der Waals surface area (Å²) in [6.07, 6.45) is 7.66. The number of rotatable bonds is 4. The lowest BCUT2D eigenvalue weighted by atomic mass is 9.99. The van der Waals surface area contributed by atoms with Crippen LogP contribution in [0, 0.1) is 11.8 Å². The van der Waals surface area contributed by atoms with E-state index in [2.05, 4.69) is 33.2 Å². The second-order valence-corrected chi connectivity index (χ2v) is 6.66. The third-order valence-corrected chi connectivity index (χ3v) is 4.80. The standard InChI is InChI=1S/C16H26N4O/c1-12-4-5-14(7-12)19-15-8-16(18-11-17-15)20-6-2-3-13(9-20)10-21/h8,11-14,21H,2-7,9-10H2,1H3,(H,17,18,19). The van der Waals surface area contributed by atoms with Crippen LogP contribution < -0.4 is 10.2 Å². The van der Waals surface area contributed by atoms with Gasteiger partial charge in [0.05, 0.1) is 0 Å². The highest BCUT2D eigenvalue weighted by molar-refractivity contribution is 5.49. The van der Waals surface area contributed by atoms with E-state index in [1.807, 2.05) is 0 Å². The predicted molar refractivity (Wildman–Crippen MR) is 84.5 cm³/mol. The Labute approximate surface area is 126 Å². The van der Waals surface area contributed by atoms with Gasteiger partial charge in [0, 0.05) is 31.8 Å². The molecule has 1 aliphatic heterocycles. The molecule has 0 spiro atoms. The van der Waals surface area contributed by atoms with Crippen LogP contribution in [-0.2, 0) is 0 Å². The van der Waals surface area contributed by atoms with Gasteiger partial charge in [-0.15, -0.1) is 0 Å². The van der Waals surface area contributed by atoms with E-state index in [-0.39, 0.29) is 6.61 Å². The average molecular weight is 290 g/mol. The van der Waals surface area contributed by atoms with Gasteiger partial charge in [-0.25, -0.2) is 9.97 Å². The molecule has 116 valence electrons. The Balaban J connectivity index is 1.65. The fourth-order valence-corrected chi connectivity index (χ4v) is 3.57. The van der Waals surface area contributed by atoms with Crippen molar-refractivity contribution in [1.82, 2.24) is 9.97 Å². The fourth-order valence-electron chi connectivity index (χ4n) is 3.57. The van der Waals surface area contributed by atoms with Crippen molar-refractivity contribution in [1.29, 1.82) is 0 Å². The minimum absolute atomic E-state index is 0.270. The molecule has 1 aliphatic carbocycles. The molecule has 0 bridgehead atoms. The Hall–Kier alpha value is -1.36. The number of aliphatic hydroxyl groups is 1. The molecule has 0 radical (unpaired) electrons. The highest BCUT2D eigenvalue weighted by Gasteiger charge is 2.23. The average Bonchev–Trinajstić information content (AvgIpc) is 2.93. The molecular weight excluding hydrogens is 264 g/mol. The molecule has 1 aromatic rings. The highest BCUT2D eigenvalue weighted by atomic mass is 16.3. The summed E-state index contributed by atoms with van der Waals surface area (Å²) >= 11 is 0. The Kier molecular flexibility index (Phi) is 4.58. The Morgan fingerprint density at radius 1 is 1.33 bits per heavy atom. The molecule has 5 heteroatoms. The Bertz CT molecular complexity index is 467. The molecule has 21 heavy (non-hydrogen) atoms. The van der Waals surface area contributed by atoms with Crippen molar-refractivity contribution in [3.63, 3.8) is 0 Å². The first kappa shape index (κ1) is 14.6. The smallest absolute Gasteiger partial charge is 0.134 e. The summed E-state index contributed by atoms with van der Waals surface area (Å²) in [4.78, 5) is 11.1. The van der Waals surface area contributed by atoms with Gasteiger partial charge in [-0.1, -0.05) is 6.92 Å². The summed E-state index contributed by atoms with van der Waals surface area (Å²) in [5.74, 6) is 3.11. The number of nitrogens with zero attached hydrogens (tertiary/aromatic N) is 3. The molecular formula is C16H26N4O. The molecule has 2 heterocycles. The minimum Gasteiger partial charge on any atom is -0.396 e. The second-order valence-electron chi connectivity index (χ2n) is 6.66. The first-order chi connectivity index (χ1) is 10.2. The summed E-state index contributed by atoms with van der Waals surface area (Å²) < 4.78 is 0. The second kappa shape index (κ2) is 6.60. The number of aliphatic hydroxyl groups excluding tert-OH is 1. The van der Waals surface area contributed by atoms with Crippen molar-refractivity contribution in [3.8, 4) is 0 Å². The predicted octanol–water partition coefficient (Wildman–Crippen LogP) is 2.29. The lowest BCUT2D eigenvalue weighted by Gasteiger charge is -2.32. The molecule has 2 fully saturated rings. The van der Waals surface area contributed by atoms with Crippen LogP contribution in [0.25, 0.3) is 0 Å². The number of anilines is 2. The molecule has 0 amide bonds. The topological polar surface area (TPSA) is 61.3 Å². The van der Waals surface area contributed by atoms with Crippen LogP contribution in [0.5, 0.6) is 0 Å². The lowest BCUT2D eigenvalue weighted by Crippen LogP contribution is -2.37. The maximum atomic E-state index is 9.35. The van der Waals surface area contributed by atoms with Gasteiger partial charge in [0.1, 0.15) is 18.0 Å². The zero-order valence-corrected chi connectivity index (χ0v) is 12.8. The van der Waals surface area contributed by atoms with Crippen molar-refractivity contribution >= 4 is 11.6 Å². The maximum Gasteiger partial charge on any atom is 0.134 e. The summed E-state index contributed by atoms with van der Waals surface area (Å²) in [6, 6.07) is 2.61. The van der Waals surface area contributed by atoms with Gasteiger partial charge in [0.25, 0.3) is 0 Å². The van der Waals surface area contributed by atoms with Crippen molar-refractivity contribution in [2.45, 2.75) is 45.1 Å². The van der Waals surface area contributed by atoms with Crippen LogP contribution in [0.2, 0.25) is 0 Å². The lowest BCUT2D eigenvalue weighted by molar-refractivity contribution is 0.208. The summed E-state index contributed by atoms with van der Waals surface area (Å²) in [5.41, 5.74) is 0. The Morgan fingerprint density at radius 3 is 3.00 bits per heavy atom. The zero-order valence-electron chi connectivity index (χ0n) is 12.8.